The first-order chi connectivity index (χ1) is 13.4. The number of rotatable bonds is 11. The standard InChI is InChI=1S/C21H36N6S/c1-6-7-8-12-21(3,4)16-24-20(22-13-11-18-10-9-14-28-18)23-15-19-26-25-17(2)27(19)5/h9-10,14H,6-8,11-13,15-16H2,1-5H3,(H2,22,23,24). The molecule has 0 spiro atoms. The van der Waals surface area contributed by atoms with Crippen molar-refractivity contribution in [1.29, 1.82) is 0 Å². The highest BCUT2D eigenvalue weighted by atomic mass is 32.1. The molecule has 2 rings (SSSR count). The highest BCUT2D eigenvalue weighted by Crippen LogP contribution is 2.22. The third-order valence-electron chi connectivity index (χ3n) is 5.00. The van der Waals surface area contributed by atoms with E-state index in [1.165, 1.54) is 30.6 Å². The summed E-state index contributed by atoms with van der Waals surface area (Å²) >= 11 is 1.80. The Bertz CT molecular complexity index is 717. The monoisotopic (exact) mass is 404 g/mol. The van der Waals surface area contributed by atoms with Gasteiger partial charge in [0.05, 0.1) is 0 Å². The first-order valence-electron chi connectivity index (χ1n) is 10.3. The van der Waals surface area contributed by atoms with Crippen LogP contribution in [-0.2, 0) is 20.0 Å². The number of nitrogens with zero attached hydrogens (tertiary/aromatic N) is 4. The van der Waals surface area contributed by atoms with Crippen molar-refractivity contribution in [2.24, 2.45) is 17.5 Å². The summed E-state index contributed by atoms with van der Waals surface area (Å²) in [6.07, 6.45) is 6.06. The number of thiophene rings is 1. The second kappa shape index (κ2) is 11.2. The van der Waals surface area contributed by atoms with E-state index in [-0.39, 0.29) is 5.41 Å². The van der Waals surface area contributed by atoms with E-state index in [1.807, 2.05) is 18.5 Å². The van der Waals surface area contributed by atoms with Gasteiger partial charge in [-0.3, -0.25) is 0 Å². The van der Waals surface area contributed by atoms with E-state index in [2.05, 4.69) is 59.1 Å². The van der Waals surface area contributed by atoms with Crippen LogP contribution in [0.15, 0.2) is 22.5 Å². The Hall–Kier alpha value is -1.89. The normalized spacial score (nSPS) is 12.4. The average Bonchev–Trinajstić information content (AvgIpc) is 3.28. The van der Waals surface area contributed by atoms with Gasteiger partial charge in [0.25, 0.3) is 0 Å². The molecular weight excluding hydrogens is 368 g/mol. The van der Waals surface area contributed by atoms with Crippen molar-refractivity contribution >= 4 is 17.3 Å². The zero-order valence-electron chi connectivity index (χ0n) is 18.1. The Morgan fingerprint density at radius 2 is 2.07 bits per heavy atom. The van der Waals surface area contributed by atoms with Crippen LogP contribution in [0.1, 0.15) is 63.0 Å². The molecule has 0 aliphatic rings. The maximum atomic E-state index is 4.76. The molecule has 0 radical (unpaired) electrons. The fourth-order valence-electron chi connectivity index (χ4n) is 2.94. The number of aromatic nitrogens is 3. The maximum absolute atomic E-state index is 4.76. The van der Waals surface area contributed by atoms with Crippen LogP contribution < -0.4 is 10.6 Å². The highest BCUT2D eigenvalue weighted by Gasteiger charge is 2.18. The zero-order chi connectivity index (χ0) is 20.4. The molecule has 0 saturated heterocycles. The van der Waals surface area contributed by atoms with Crippen molar-refractivity contribution in [3.05, 3.63) is 34.0 Å². The largest absolute Gasteiger partial charge is 0.356 e. The zero-order valence-corrected chi connectivity index (χ0v) is 18.9. The molecule has 2 aromatic rings. The lowest BCUT2D eigenvalue weighted by atomic mass is 9.87. The predicted octanol–water partition coefficient (Wildman–Crippen LogP) is 4.07. The maximum Gasteiger partial charge on any atom is 0.191 e. The van der Waals surface area contributed by atoms with Crippen LogP contribution in [0.3, 0.4) is 0 Å². The van der Waals surface area contributed by atoms with Gasteiger partial charge in [0.2, 0.25) is 0 Å². The summed E-state index contributed by atoms with van der Waals surface area (Å²) in [5, 5.41) is 17.5. The molecule has 0 aromatic carbocycles. The van der Waals surface area contributed by atoms with E-state index in [0.29, 0.717) is 6.54 Å². The predicted molar refractivity (Wildman–Crippen MR) is 119 cm³/mol. The summed E-state index contributed by atoms with van der Waals surface area (Å²) in [4.78, 5) is 6.15. The minimum atomic E-state index is 0.243. The summed E-state index contributed by atoms with van der Waals surface area (Å²) in [6, 6.07) is 4.28. The van der Waals surface area contributed by atoms with Gasteiger partial charge < -0.3 is 15.2 Å². The lowest BCUT2D eigenvalue weighted by Crippen LogP contribution is -2.42. The van der Waals surface area contributed by atoms with Crippen molar-refractivity contribution in [2.45, 2.75) is 66.3 Å². The van der Waals surface area contributed by atoms with E-state index >= 15 is 0 Å². The van der Waals surface area contributed by atoms with Crippen molar-refractivity contribution < 1.29 is 0 Å². The van der Waals surface area contributed by atoms with Crippen LogP contribution in [0.2, 0.25) is 0 Å². The molecule has 0 bridgehead atoms. The number of guanidine groups is 1. The van der Waals surface area contributed by atoms with E-state index in [4.69, 9.17) is 4.99 Å². The van der Waals surface area contributed by atoms with Crippen LogP contribution >= 0.6 is 11.3 Å². The van der Waals surface area contributed by atoms with Crippen molar-refractivity contribution in [3.8, 4) is 0 Å². The van der Waals surface area contributed by atoms with E-state index in [0.717, 1.165) is 37.1 Å². The topological polar surface area (TPSA) is 67.1 Å². The Morgan fingerprint density at radius 3 is 2.71 bits per heavy atom. The number of aryl methyl sites for hydroxylation is 1. The molecule has 2 heterocycles. The fraction of sp³-hybridized carbons (Fsp3) is 0.667. The van der Waals surface area contributed by atoms with Crippen molar-refractivity contribution in [2.75, 3.05) is 13.1 Å². The molecular formula is C21H36N6S. The first-order valence-corrected chi connectivity index (χ1v) is 11.2. The molecule has 6 nitrogen and oxygen atoms in total. The number of nitrogens with one attached hydrogen (secondary N) is 2. The molecule has 28 heavy (non-hydrogen) atoms. The quantitative estimate of drug-likeness (QED) is 0.337. The smallest absolute Gasteiger partial charge is 0.191 e. The summed E-state index contributed by atoms with van der Waals surface area (Å²) in [7, 11) is 1.98. The molecule has 0 aliphatic heterocycles. The summed E-state index contributed by atoms with van der Waals surface area (Å²) in [5.41, 5.74) is 0.243. The summed E-state index contributed by atoms with van der Waals surface area (Å²) in [6.45, 7) is 11.1. The molecule has 0 saturated carbocycles. The van der Waals surface area contributed by atoms with Crippen LogP contribution in [0.25, 0.3) is 0 Å². The van der Waals surface area contributed by atoms with E-state index in [1.54, 1.807) is 11.3 Å². The number of aliphatic imine (C=N–C) groups is 1. The Labute approximate surface area is 173 Å². The van der Waals surface area contributed by atoms with Crippen LogP contribution in [-0.4, -0.2) is 33.8 Å². The van der Waals surface area contributed by atoms with Gasteiger partial charge in [0.15, 0.2) is 11.8 Å². The molecule has 0 unspecified atom stereocenters. The minimum Gasteiger partial charge on any atom is -0.356 e. The summed E-state index contributed by atoms with van der Waals surface area (Å²) < 4.78 is 1.99. The third kappa shape index (κ3) is 7.62. The minimum absolute atomic E-state index is 0.243. The van der Waals surface area contributed by atoms with Gasteiger partial charge in [-0.2, -0.15) is 0 Å². The highest BCUT2D eigenvalue weighted by molar-refractivity contribution is 7.09. The Kier molecular flexibility index (Phi) is 8.96. The molecule has 0 atom stereocenters. The lowest BCUT2D eigenvalue weighted by Gasteiger charge is -2.26. The third-order valence-corrected chi connectivity index (χ3v) is 5.93. The fourth-order valence-corrected chi connectivity index (χ4v) is 3.65. The molecule has 2 aromatic heterocycles. The number of unbranched alkanes of at least 4 members (excludes halogenated alkanes) is 2. The number of hydrogen-bond acceptors (Lipinski definition) is 4. The molecule has 2 N–H and O–H groups in total. The number of hydrogen-bond donors (Lipinski definition) is 2. The Balaban J connectivity index is 1.94. The van der Waals surface area contributed by atoms with Crippen molar-refractivity contribution in [3.63, 3.8) is 0 Å². The van der Waals surface area contributed by atoms with Gasteiger partial charge in [-0.05, 0) is 36.6 Å². The molecule has 0 fully saturated rings. The van der Waals surface area contributed by atoms with Gasteiger partial charge in [-0.15, -0.1) is 21.5 Å². The van der Waals surface area contributed by atoms with E-state index in [9.17, 15) is 0 Å². The second-order valence-corrected chi connectivity index (χ2v) is 9.15. The molecule has 7 heteroatoms. The van der Waals surface area contributed by atoms with Gasteiger partial charge in [-0.1, -0.05) is 46.1 Å². The Morgan fingerprint density at radius 1 is 1.25 bits per heavy atom. The van der Waals surface area contributed by atoms with Crippen LogP contribution in [0.4, 0.5) is 0 Å². The lowest BCUT2D eigenvalue weighted by molar-refractivity contribution is 0.318. The molecule has 0 aliphatic carbocycles. The van der Waals surface area contributed by atoms with Crippen LogP contribution in [0, 0.1) is 12.3 Å². The molecule has 0 amide bonds. The molecule has 156 valence electrons. The SMILES string of the molecule is CCCCCC(C)(C)CNC(=NCc1nnc(C)n1C)NCCc1cccs1. The second-order valence-electron chi connectivity index (χ2n) is 8.12. The van der Waals surface area contributed by atoms with Crippen molar-refractivity contribution in [1.82, 2.24) is 25.4 Å². The average molecular weight is 405 g/mol. The van der Waals surface area contributed by atoms with Gasteiger partial charge in [-0.25, -0.2) is 4.99 Å². The summed E-state index contributed by atoms with van der Waals surface area (Å²) in [5.74, 6) is 2.63. The first kappa shape index (κ1) is 22.4. The van der Waals surface area contributed by atoms with Gasteiger partial charge in [0.1, 0.15) is 12.4 Å². The van der Waals surface area contributed by atoms with Gasteiger partial charge >= 0.3 is 0 Å². The van der Waals surface area contributed by atoms with Gasteiger partial charge in [0, 0.05) is 25.0 Å². The van der Waals surface area contributed by atoms with E-state index < -0.39 is 0 Å². The van der Waals surface area contributed by atoms with Crippen LogP contribution in [0.5, 0.6) is 0 Å².